The van der Waals surface area contributed by atoms with Gasteiger partial charge in [-0.1, -0.05) is 0 Å². The second-order valence-electron chi connectivity index (χ2n) is 2.22. The molecule has 5 nitrogen and oxygen atoms in total. The molecular formula is C7H9LiN2O3. The molecular weight excluding hydrogens is 167 g/mol. The van der Waals surface area contributed by atoms with E-state index in [1.165, 1.54) is 0 Å². The van der Waals surface area contributed by atoms with Crippen molar-refractivity contribution in [2.24, 2.45) is 0 Å². The summed E-state index contributed by atoms with van der Waals surface area (Å²) < 4.78 is 5.69. The number of carbonyl (C=O) groups is 1. The zero-order valence-electron chi connectivity index (χ0n) is 7.81. The molecule has 1 aromatic heterocycles. The summed E-state index contributed by atoms with van der Waals surface area (Å²) in [6.45, 7) is 1.08. The molecule has 0 aliphatic heterocycles. The molecule has 6 heteroatoms. The van der Waals surface area contributed by atoms with Crippen molar-refractivity contribution in [2.75, 3.05) is 7.11 Å². The number of aliphatic carboxylic acids is 1. The van der Waals surface area contributed by atoms with Gasteiger partial charge >= 0.3 is 62.2 Å². The molecule has 1 N–H and O–H groups in total. The molecule has 0 aliphatic rings. The van der Waals surface area contributed by atoms with Gasteiger partial charge in [-0.15, -0.1) is 0 Å². The maximum atomic E-state index is 9.00. The fraction of sp³-hybridized carbons (Fsp3) is 0.286. The Morgan fingerprint density at radius 1 is 1.54 bits per heavy atom. The molecule has 0 saturated carbocycles. The number of aromatic nitrogens is 2. The SMILES string of the molecule is CC(=O)O.[Li][c]1cnc(OC)cn1. The monoisotopic (exact) mass is 176 g/mol. The van der Waals surface area contributed by atoms with Gasteiger partial charge in [0.1, 0.15) is 0 Å². The van der Waals surface area contributed by atoms with E-state index in [1.807, 2.05) is 17.7 Å². The van der Waals surface area contributed by atoms with Crippen LogP contribution >= 0.6 is 0 Å². The van der Waals surface area contributed by atoms with E-state index in [2.05, 4.69) is 9.97 Å². The molecule has 0 saturated heterocycles. The van der Waals surface area contributed by atoms with Gasteiger partial charge in [-0.2, -0.15) is 0 Å². The molecule has 0 unspecified atom stereocenters. The Morgan fingerprint density at radius 2 is 2.08 bits per heavy atom. The first-order valence-electron chi connectivity index (χ1n) is 3.58. The summed E-state index contributed by atoms with van der Waals surface area (Å²) in [5, 5.41) is 7.42. The summed E-state index contributed by atoms with van der Waals surface area (Å²) in [7, 11) is 1.57. The minimum absolute atomic E-state index is 0.556. The molecule has 0 atom stereocenters. The van der Waals surface area contributed by atoms with Crippen LogP contribution in [0.1, 0.15) is 6.92 Å². The number of carboxylic acids is 1. The number of nitrogens with zero attached hydrogens (tertiary/aromatic N) is 2. The minimum atomic E-state index is -0.833. The van der Waals surface area contributed by atoms with E-state index < -0.39 is 5.97 Å². The molecule has 0 spiro atoms. The Kier molecular flexibility index (Phi) is 5.94. The van der Waals surface area contributed by atoms with E-state index in [4.69, 9.17) is 14.6 Å². The summed E-state index contributed by atoms with van der Waals surface area (Å²) in [6, 6.07) is 0. The first kappa shape index (κ1) is 11.9. The first-order chi connectivity index (χ1) is 6.06. The van der Waals surface area contributed by atoms with Crippen molar-refractivity contribution in [3.63, 3.8) is 0 Å². The van der Waals surface area contributed by atoms with Gasteiger partial charge in [-0.25, -0.2) is 0 Å². The van der Waals surface area contributed by atoms with Crippen LogP contribution in [0, 0.1) is 0 Å². The zero-order valence-corrected chi connectivity index (χ0v) is 7.81. The second-order valence-corrected chi connectivity index (χ2v) is 2.22. The van der Waals surface area contributed by atoms with Crippen LogP contribution in [0.5, 0.6) is 5.88 Å². The van der Waals surface area contributed by atoms with Gasteiger partial charge in [-0.05, 0) is 0 Å². The van der Waals surface area contributed by atoms with Crippen LogP contribution in [0.15, 0.2) is 12.4 Å². The summed E-state index contributed by atoms with van der Waals surface area (Å²) in [4.78, 5) is 16.9. The van der Waals surface area contributed by atoms with Crippen LogP contribution in [0.2, 0.25) is 0 Å². The first-order valence-corrected chi connectivity index (χ1v) is 3.58. The van der Waals surface area contributed by atoms with Crippen molar-refractivity contribution in [1.29, 1.82) is 0 Å². The summed E-state index contributed by atoms with van der Waals surface area (Å²) in [5.41, 5.74) is 0. The molecule has 1 aromatic rings. The van der Waals surface area contributed by atoms with Crippen molar-refractivity contribution in [2.45, 2.75) is 6.92 Å². The second kappa shape index (κ2) is 6.46. The molecule has 0 aliphatic carbocycles. The normalized spacial score (nSPS) is 8.31. The summed E-state index contributed by atoms with van der Waals surface area (Å²) in [5.74, 6) is -0.277. The Morgan fingerprint density at radius 3 is 2.38 bits per heavy atom. The number of hydrogen-bond acceptors (Lipinski definition) is 4. The zero-order chi connectivity index (χ0) is 10.3. The predicted octanol–water partition coefficient (Wildman–Crippen LogP) is -0.630. The van der Waals surface area contributed by atoms with Gasteiger partial charge in [-0.3, -0.25) is 4.79 Å². The Hall–Kier alpha value is -1.05. The number of carboxylic acid groups (broad SMARTS) is 1. The van der Waals surface area contributed by atoms with E-state index in [9.17, 15) is 0 Å². The molecule has 0 radical (unpaired) electrons. The molecule has 1 heterocycles. The molecule has 1 rings (SSSR count). The quantitative estimate of drug-likeness (QED) is 0.577. The van der Waals surface area contributed by atoms with Crippen molar-refractivity contribution in [3.05, 3.63) is 12.4 Å². The Bertz CT molecular complexity index is 259. The number of hydrogen-bond donors (Lipinski definition) is 1. The molecule has 66 valence electrons. The van der Waals surface area contributed by atoms with Crippen molar-refractivity contribution < 1.29 is 14.6 Å². The third kappa shape index (κ3) is 7.31. The Balaban J connectivity index is 0.000000310. The van der Waals surface area contributed by atoms with Gasteiger partial charge < -0.3 is 5.11 Å². The standard InChI is InChI=1S/C5H5N2O.C2H4O2.Li/c1-8-5-4-6-2-3-7-5;1-2(3)4;/h3-4H,1H3;1H3,(H,3,4);. The van der Waals surface area contributed by atoms with E-state index in [-0.39, 0.29) is 0 Å². The summed E-state index contributed by atoms with van der Waals surface area (Å²) in [6.07, 6.45) is 3.26. The van der Waals surface area contributed by atoms with Gasteiger partial charge in [0.15, 0.2) is 0 Å². The number of rotatable bonds is 1. The average Bonchev–Trinajstić information content (AvgIpc) is 2.05. The molecule has 13 heavy (non-hydrogen) atoms. The van der Waals surface area contributed by atoms with Crippen molar-refractivity contribution in [1.82, 2.24) is 9.97 Å². The number of methoxy groups -OCH3 is 1. The van der Waals surface area contributed by atoms with Crippen LogP contribution in [0.4, 0.5) is 0 Å². The Labute approximate surface area is 85.4 Å². The topological polar surface area (TPSA) is 72.3 Å². The van der Waals surface area contributed by atoms with Crippen LogP contribution in [-0.2, 0) is 4.79 Å². The van der Waals surface area contributed by atoms with E-state index in [0.717, 1.165) is 11.3 Å². The third-order valence-electron chi connectivity index (χ3n) is 0.966. The van der Waals surface area contributed by atoms with Crippen LogP contribution in [0.25, 0.3) is 0 Å². The third-order valence-corrected chi connectivity index (χ3v) is 0.966. The van der Waals surface area contributed by atoms with Crippen LogP contribution < -0.4 is 9.10 Å². The fourth-order valence-corrected chi connectivity index (χ4v) is 0.486. The molecule has 0 aromatic carbocycles. The molecule has 0 fully saturated rings. The predicted molar refractivity (Wildman–Crippen MR) is 47.3 cm³/mol. The molecule has 0 amide bonds. The van der Waals surface area contributed by atoms with Crippen molar-refractivity contribution >= 4 is 28.1 Å². The maximum absolute atomic E-state index is 9.00. The van der Waals surface area contributed by atoms with Gasteiger partial charge in [0.25, 0.3) is 5.97 Å². The number of ether oxygens (including phenoxy) is 1. The average molecular weight is 176 g/mol. The molecule has 0 bridgehead atoms. The van der Waals surface area contributed by atoms with E-state index in [1.54, 1.807) is 19.5 Å². The fourth-order valence-electron chi connectivity index (χ4n) is 0.486. The van der Waals surface area contributed by atoms with Gasteiger partial charge in [0.2, 0.25) is 0 Å². The van der Waals surface area contributed by atoms with E-state index >= 15 is 0 Å². The van der Waals surface area contributed by atoms with Crippen molar-refractivity contribution in [3.8, 4) is 5.88 Å². The van der Waals surface area contributed by atoms with Gasteiger partial charge in [0, 0.05) is 6.92 Å². The van der Waals surface area contributed by atoms with Crippen LogP contribution in [-0.4, -0.2) is 45.9 Å². The van der Waals surface area contributed by atoms with E-state index in [0.29, 0.717) is 5.88 Å². The summed E-state index contributed by atoms with van der Waals surface area (Å²) >= 11 is 1.88. The van der Waals surface area contributed by atoms with Gasteiger partial charge in [0.05, 0.1) is 0 Å². The van der Waals surface area contributed by atoms with Crippen LogP contribution in [0.3, 0.4) is 0 Å².